The number of carbonyl (C=O) groups is 1. The van der Waals surface area contributed by atoms with E-state index in [1.54, 1.807) is 13.8 Å². The van der Waals surface area contributed by atoms with Crippen LogP contribution in [0.1, 0.15) is 13.8 Å². The van der Waals surface area contributed by atoms with E-state index in [-0.39, 0.29) is 0 Å². The molecule has 1 unspecified atom stereocenters. The van der Waals surface area contributed by atoms with Crippen LogP contribution < -0.4 is 0 Å². The molecule has 0 aromatic heterocycles. The van der Waals surface area contributed by atoms with Crippen LogP contribution in [0.25, 0.3) is 0 Å². The van der Waals surface area contributed by atoms with Gasteiger partial charge in [0, 0.05) is 33.8 Å². The lowest BCUT2D eigenvalue weighted by molar-refractivity contribution is -0.335. The average molecular weight is 248 g/mol. The van der Waals surface area contributed by atoms with Crippen LogP contribution in [0.5, 0.6) is 0 Å². The summed E-state index contributed by atoms with van der Waals surface area (Å²) in [7, 11) is 4.84. The Labute approximate surface area is 99.1 Å². The van der Waals surface area contributed by atoms with Gasteiger partial charge in [-0.1, -0.05) is 6.58 Å². The van der Waals surface area contributed by atoms with Gasteiger partial charge in [0.15, 0.2) is 0 Å². The van der Waals surface area contributed by atoms with E-state index < -0.39 is 17.2 Å². The molecule has 0 rings (SSSR count). The molecule has 0 fully saturated rings. The third-order valence-corrected chi connectivity index (χ3v) is 4.35. The van der Waals surface area contributed by atoms with E-state index in [9.17, 15) is 4.79 Å². The Bertz CT molecular complexity index is 274. The lowest BCUT2D eigenvalue weighted by Crippen LogP contribution is -2.59. The number of ether oxygens (including phenoxy) is 4. The fourth-order valence-electron chi connectivity index (χ4n) is 1.04. The zero-order valence-corrected chi connectivity index (χ0v) is 12.7. The van der Waals surface area contributed by atoms with Crippen molar-refractivity contribution in [1.82, 2.24) is 0 Å². The molecule has 0 aromatic rings. The van der Waals surface area contributed by atoms with E-state index in [0.29, 0.717) is 15.8 Å². The van der Waals surface area contributed by atoms with E-state index in [1.165, 1.54) is 21.3 Å². The molecule has 0 bridgehead atoms. The first-order valence-corrected chi connectivity index (χ1v) is 5.80. The molecule has 0 radical (unpaired) electrons. The highest BCUT2D eigenvalue weighted by Gasteiger charge is 2.49. The van der Waals surface area contributed by atoms with Gasteiger partial charge in [-0.3, -0.25) is 0 Å². The van der Waals surface area contributed by atoms with E-state index >= 15 is 0 Å². The van der Waals surface area contributed by atoms with E-state index in [0.717, 1.165) is 0 Å². The van der Waals surface area contributed by atoms with Crippen LogP contribution in [-0.4, -0.2) is 48.7 Å². The molecule has 0 aliphatic rings. The summed E-state index contributed by atoms with van der Waals surface area (Å²) in [5.41, 5.74) is -0.771. The third-order valence-electron chi connectivity index (χ3n) is 2.63. The first-order valence-electron chi connectivity index (χ1n) is 4.80. The molecular weight excluding hydrogens is 228 g/mol. The molecular formula is C10H20O5Si. The Balaban J connectivity index is 5.04. The summed E-state index contributed by atoms with van der Waals surface area (Å²) in [5, 5.41) is 0. The third kappa shape index (κ3) is 2.91. The Morgan fingerprint density at radius 3 is 1.88 bits per heavy atom. The number of hydrogen-bond donors (Lipinski definition) is 0. The Morgan fingerprint density at radius 1 is 1.19 bits per heavy atom. The number of carbonyl (C=O) groups excluding carboxylic acids is 1. The molecule has 0 saturated carbocycles. The van der Waals surface area contributed by atoms with Gasteiger partial charge in [0.1, 0.15) is 0 Å². The Kier molecular flexibility index (Phi) is 5.34. The van der Waals surface area contributed by atoms with Gasteiger partial charge in [-0.05, 0) is 6.92 Å². The van der Waals surface area contributed by atoms with Crippen molar-refractivity contribution in [3.63, 3.8) is 0 Å². The Morgan fingerprint density at radius 2 is 1.62 bits per heavy atom. The van der Waals surface area contributed by atoms with Gasteiger partial charge in [-0.25, -0.2) is 4.79 Å². The molecule has 1 atom stereocenters. The number of methoxy groups -OCH3 is 3. The minimum absolute atomic E-state index is 0.291. The molecule has 0 N–H and O–H groups in total. The minimum Gasteiger partial charge on any atom is -0.424 e. The minimum atomic E-state index is -1.29. The molecule has 0 saturated heterocycles. The lowest BCUT2D eigenvalue weighted by Gasteiger charge is -2.41. The SMILES string of the molecule is C=C(C)C(=O)OC(C)(OC)C([SiH3])(OC)OC. The molecule has 0 aliphatic carbocycles. The summed E-state index contributed by atoms with van der Waals surface area (Å²) in [5.74, 6) is -1.84. The van der Waals surface area contributed by atoms with E-state index in [4.69, 9.17) is 18.9 Å². The molecule has 0 aliphatic heterocycles. The van der Waals surface area contributed by atoms with Crippen molar-refractivity contribution < 1.29 is 23.7 Å². The molecule has 94 valence electrons. The molecule has 16 heavy (non-hydrogen) atoms. The Hall–Kier alpha value is -0.693. The molecule has 0 spiro atoms. The van der Waals surface area contributed by atoms with Crippen LogP contribution in [0.3, 0.4) is 0 Å². The second-order valence-electron chi connectivity index (χ2n) is 3.67. The van der Waals surface area contributed by atoms with E-state index in [1.807, 2.05) is 0 Å². The van der Waals surface area contributed by atoms with Crippen LogP contribution in [0.2, 0.25) is 0 Å². The molecule has 0 amide bonds. The van der Waals surface area contributed by atoms with Crippen LogP contribution in [0.15, 0.2) is 12.2 Å². The summed E-state index contributed by atoms with van der Waals surface area (Å²) in [6.45, 7) is 6.66. The van der Waals surface area contributed by atoms with Crippen molar-refractivity contribution in [3.8, 4) is 0 Å². The number of esters is 1. The predicted octanol–water partition coefficient (Wildman–Crippen LogP) is -0.220. The largest absolute Gasteiger partial charge is 0.424 e. The van der Waals surface area contributed by atoms with Crippen molar-refractivity contribution in [3.05, 3.63) is 12.2 Å². The highest BCUT2D eigenvalue weighted by Crippen LogP contribution is 2.29. The van der Waals surface area contributed by atoms with Crippen molar-refractivity contribution in [2.75, 3.05) is 21.3 Å². The second kappa shape index (κ2) is 5.58. The monoisotopic (exact) mass is 248 g/mol. The second-order valence-corrected chi connectivity index (χ2v) is 4.99. The average Bonchev–Trinajstić information content (AvgIpc) is 2.27. The highest BCUT2D eigenvalue weighted by atomic mass is 28.1. The van der Waals surface area contributed by atoms with Crippen LogP contribution in [0, 0.1) is 0 Å². The van der Waals surface area contributed by atoms with Gasteiger partial charge < -0.3 is 18.9 Å². The fraction of sp³-hybridized carbons (Fsp3) is 0.700. The standard InChI is InChI=1S/C10H20O5Si/c1-7(2)8(11)15-9(3,12-4)10(16,13-5)14-6/h1H2,2-6,16H3. The van der Waals surface area contributed by atoms with E-state index in [2.05, 4.69) is 6.58 Å². The van der Waals surface area contributed by atoms with Gasteiger partial charge in [-0.2, -0.15) is 0 Å². The first kappa shape index (κ1) is 15.3. The van der Waals surface area contributed by atoms with Crippen molar-refractivity contribution >= 4 is 16.2 Å². The van der Waals surface area contributed by atoms with Crippen molar-refractivity contribution in [2.45, 2.75) is 25.0 Å². The van der Waals surface area contributed by atoms with Crippen LogP contribution >= 0.6 is 0 Å². The quantitative estimate of drug-likeness (QED) is 0.281. The maximum Gasteiger partial charge on any atom is 0.335 e. The zero-order valence-electron chi connectivity index (χ0n) is 10.7. The maximum absolute atomic E-state index is 11.5. The summed E-state index contributed by atoms with van der Waals surface area (Å²) >= 11 is 0. The highest BCUT2D eigenvalue weighted by molar-refractivity contribution is 6.14. The normalized spacial score (nSPS) is 15.6. The molecule has 0 aromatic carbocycles. The maximum atomic E-state index is 11.5. The summed E-state index contributed by atoms with van der Waals surface area (Å²) in [4.78, 5) is 11.5. The topological polar surface area (TPSA) is 54.0 Å². The fourth-order valence-corrected chi connectivity index (χ4v) is 1.34. The summed E-state index contributed by atoms with van der Waals surface area (Å²) < 4.78 is 20.9. The van der Waals surface area contributed by atoms with Crippen molar-refractivity contribution in [2.24, 2.45) is 0 Å². The van der Waals surface area contributed by atoms with Gasteiger partial charge in [-0.15, -0.1) is 0 Å². The molecule has 6 heteroatoms. The van der Waals surface area contributed by atoms with Gasteiger partial charge in [0.2, 0.25) is 5.41 Å². The first-order chi connectivity index (χ1) is 7.26. The smallest absolute Gasteiger partial charge is 0.335 e. The van der Waals surface area contributed by atoms with Gasteiger partial charge >= 0.3 is 5.97 Å². The number of rotatable bonds is 6. The molecule has 5 nitrogen and oxygen atoms in total. The summed E-state index contributed by atoms with van der Waals surface area (Å²) in [6, 6.07) is 0. The number of hydrogen-bond acceptors (Lipinski definition) is 5. The van der Waals surface area contributed by atoms with Gasteiger partial charge in [0.05, 0.1) is 10.2 Å². The predicted molar refractivity (Wildman–Crippen MR) is 63.0 cm³/mol. The van der Waals surface area contributed by atoms with Gasteiger partial charge in [0.25, 0.3) is 5.79 Å². The lowest BCUT2D eigenvalue weighted by atomic mass is 10.2. The van der Waals surface area contributed by atoms with Crippen LogP contribution in [0.4, 0.5) is 0 Å². The zero-order chi connectivity index (χ0) is 13.0. The van der Waals surface area contributed by atoms with Crippen molar-refractivity contribution in [1.29, 1.82) is 0 Å². The van der Waals surface area contributed by atoms with Crippen LogP contribution in [-0.2, 0) is 23.7 Å². The molecule has 0 heterocycles. The summed E-state index contributed by atoms with van der Waals surface area (Å²) in [6.07, 6.45) is 0.